The van der Waals surface area contributed by atoms with Gasteiger partial charge in [-0.15, -0.1) is 0 Å². The van der Waals surface area contributed by atoms with E-state index in [-0.39, 0.29) is 18.8 Å². The molecule has 0 amide bonds. The summed E-state index contributed by atoms with van der Waals surface area (Å²) in [6.07, 6.45) is -0.324. The van der Waals surface area contributed by atoms with Crippen LogP contribution in [0.1, 0.15) is 0 Å². The fraction of sp³-hybridized carbons (Fsp3) is 0.857. The van der Waals surface area contributed by atoms with Gasteiger partial charge in [0.25, 0.3) is 0 Å². The van der Waals surface area contributed by atoms with E-state index in [2.05, 4.69) is 10.1 Å². The average molecular weight is 177 g/mol. The summed E-state index contributed by atoms with van der Waals surface area (Å²) in [5.74, 6) is -0.305. The maximum atomic E-state index is 10.6. The van der Waals surface area contributed by atoms with E-state index in [1.807, 2.05) is 0 Å². The molecule has 0 saturated heterocycles. The largest absolute Gasteiger partial charge is 0.468 e. The van der Waals surface area contributed by atoms with Crippen LogP contribution >= 0.6 is 0 Å². The molecule has 0 aromatic rings. The summed E-state index contributed by atoms with van der Waals surface area (Å²) in [6.45, 7) is 0.627. The van der Waals surface area contributed by atoms with E-state index in [9.17, 15) is 4.79 Å². The fourth-order valence-electron chi connectivity index (χ4n) is 0.627. The van der Waals surface area contributed by atoms with Crippen molar-refractivity contribution in [2.75, 3.05) is 34.4 Å². The van der Waals surface area contributed by atoms with Crippen molar-refractivity contribution in [1.82, 2.24) is 5.32 Å². The number of hydrogen-bond acceptors (Lipinski definition) is 5. The van der Waals surface area contributed by atoms with Crippen LogP contribution in [-0.4, -0.2) is 46.7 Å². The molecule has 0 rings (SSSR count). The minimum atomic E-state index is -0.324. The van der Waals surface area contributed by atoms with Crippen molar-refractivity contribution >= 4 is 5.97 Å². The van der Waals surface area contributed by atoms with Crippen molar-refractivity contribution in [1.29, 1.82) is 0 Å². The molecule has 0 spiro atoms. The van der Waals surface area contributed by atoms with Gasteiger partial charge in [0, 0.05) is 20.8 Å². The second-order valence-corrected chi connectivity index (χ2v) is 2.11. The van der Waals surface area contributed by atoms with E-state index < -0.39 is 0 Å². The molecule has 0 aromatic carbocycles. The van der Waals surface area contributed by atoms with Gasteiger partial charge in [0.15, 0.2) is 6.29 Å². The third-order valence-electron chi connectivity index (χ3n) is 1.33. The molecule has 0 aliphatic carbocycles. The van der Waals surface area contributed by atoms with Crippen LogP contribution < -0.4 is 5.32 Å². The first-order valence-corrected chi connectivity index (χ1v) is 3.57. The van der Waals surface area contributed by atoms with Crippen LogP contribution in [0.15, 0.2) is 0 Å². The lowest BCUT2D eigenvalue weighted by Crippen LogP contribution is -2.33. The minimum absolute atomic E-state index is 0.166. The molecule has 0 radical (unpaired) electrons. The monoisotopic (exact) mass is 177 g/mol. The number of ether oxygens (including phenoxy) is 3. The lowest BCUT2D eigenvalue weighted by Gasteiger charge is -2.13. The molecule has 0 fully saturated rings. The van der Waals surface area contributed by atoms with Crippen molar-refractivity contribution in [3.8, 4) is 0 Å². The zero-order chi connectivity index (χ0) is 9.40. The third kappa shape index (κ3) is 5.06. The van der Waals surface area contributed by atoms with Gasteiger partial charge in [0.05, 0.1) is 13.7 Å². The third-order valence-corrected chi connectivity index (χ3v) is 1.33. The average Bonchev–Trinajstić information content (AvgIpc) is 2.12. The lowest BCUT2D eigenvalue weighted by atomic mass is 10.5. The Morgan fingerprint density at radius 1 is 1.33 bits per heavy atom. The van der Waals surface area contributed by atoms with Crippen LogP contribution in [0.25, 0.3) is 0 Å². The van der Waals surface area contributed by atoms with Gasteiger partial charge in [0.1, 0.15) is 0 Å². The second-order valence-electron chi connectivity index (χ2n) is 2.11. The van der Waals surface area contributed by atoms with Gasteiger partial charge in [-0.25, -0.2) is 0 Å². The molecule has 0 aliphatic heterocycles. The molecule has 0 saturated carbocycles. The minimum Gasteiger partial charge on any atom is -0.468 e. The van der Waals surface area contributed by atoms with Crippen LogP contribution in [0, 0.1) is 0 Å². The summed E-state index contributed by atoms with van der Waals surface area (Å²) in [4.78, 5) is 10.6. The molecule has 12 heavy (non-hydrogen) atoms. The van der Waals surface area contributed by atoms with Gasteiger partial charge >= 0.3 is 5.97 Å². The molecule has 0 bridgehead atoms. The number of hydrogen-bond donors (Lipinski definition) is 1. The van der Waals surface area contributed by atoms with Gasteiger partial charge in [-0.1, -0.05) is 0 Å². The van der Waals surface area contributed by atoms with Gasteiger partial charge in [-0.05, 0) is 0 Å². The van der Waals surface area contributed by atoms with Crippen molar-refractivity contribution in [3.63, 3.8) is 0 Å². The number of methoxy groups -OCH3 is 3. The lowest BCUT2D eigenvalue weighted by molar-refractivity contribution is -0.140. The normalized spacial score (nSPS) is 10.3. The number of carbonyl (C=O) groups is 1. The first kappa shape index (κ1) is 11.4. The zero-order valence-electron chi connectivity index (χ0n) is 7.62. The van der Waals surface area contributed by atoms with Crippen LogP contribution in [0.4, 0.5) is 0 Å². The number of rotatable bonds is 6. The molecular formula is C7H15NO4. The summed E-state index contributed by atoms with van der Waals surface area (Å²) >= 11 is 0. The summed E-state index contributed by atoms with van der Waals surface area (Å²) < 4.78 is 14.2. The Balaban J connectivity index is 3.34. The molecule has 5 nitrogen and oxygen atoms in total. The highest BCUT2D eigenvalue weighted by Gasteiger charge is 2.05. The Morgan fingerprint density at radius 3 is 2.33 bits per heavy atom. The zero-order valence-corrected chi connectivity index (χ0v) is 7.62. The standard InChI is InChI=1S/C7H15NO4/c1-10-6(9)4-8-5-7(11-2)12-3/h7-8H,4-5H2,1-3H3. The molecule has 0 aliphatic rings. The Hall–Kier alpha value is -0.650. The second kappa shape index (κ2) is 7.02. The Bertz CT molecular complexity index is 125. The number of nitrogens with one attached hydrogen (secondary N) is 1. The number of carbonyl (C=O) groups excluding carboxylic acids is 1. The molecule has 72 valence electrons. The maximum absolute atomic E-state index is 10.6. The molecule has 5 heteroatoms. The van der Waals surface area contributed by atoms with E-state index >= 15 is 0 Å². The topological polar surface area (TPSA) is 56.8 Å². The van der Waals surface area contributed by atoms with Crippen molar-refractivity contribution < 1.29 is 19.0 Å². The molecule has 0 heterocycles. The fourth-order valence-corrected chi connectivity index (χ4v) is 0.627. The summed E-state index contributed by atoms with van der Waals surface area (Å²) in [6, 6.07) is 0. The predicted octanol–water partition coefficient (Wildman–Crippen LogP) is -0.632. The summed E-state index contributed by atoms with van der Waals surface area (Å²) in [7, 11) is 4.41. The molecule has 0 aromatic heterocycles. The van der Waals surface area contributed by atoms with Crippen molar-refractivity contribution in [3.05, 3.63) is 0 Å². The predicted molar refractivity (Wildman–Crippen MR) is 42.7 cm³/mol. The van der Waals surface area contributed by atoms with Crippen LogP contribution in [0.5, 0.6) is 0 Å². The maximum Gasteiger partial charge on any atom is 0.319 e. The molecule has 0 atom stereocenters. The van der Waals surface area contributed by atoms with E-state index in [4.69, 9.17) is 9.47 Å². The highest BCUT2D eigenvalue weighted by molar-refractivity contribution is 5.71. The molecule has 0 unspecified atom stereocenters. The van der Waals surface area contributed by atoms with Crippen LogP contribution in [0.2, 0.25) is 0 Å². The van der Waals surface area contributed by atoms with Gasteiger partial charge in [-0.3, -0.25) is 4.79 Å². The van der Waals surface area contributed by atoms with E-state index in [1.165, 1.54) is 21.3 Å². The van der Waals surface area contributed by atoms with Crippen LogP contribution in [0.3, 0.4) is 0 Å². The Kier molecular flexibility index (Phi) is 6.64. The highest BCUT2D eigenvalue weighted by atomic mass is 16.7. The number of esters is 1. The van der Waals surface area contributed by atoms with E-state index in [0.29, 0.717) is 6.54 Å². The summed E-state index contributed by atoms with van der Waals surface area (Å²) in [5.41, 5.74) is 0. The highest BCUT2D eigenvalue weighted by Crippen LogP contribution is 1.86. The first-order chi connectivity index (χ1) is 5.74. The first-order valence-electron chi connectivity index (χ1n) is 3.57. The molecular weight excluding hydrogens is 162 g/mol. The van der Waals surface area contributed by atoms with E-state index in [1.54, 1.807) is 0 Å². The smallest absolute Gasteiger partial charge is 0.319 e. The van der Waals surface area contributed by atoms with Crippen molar-refractivity contribution in [2.24, 2.45) is 0 Å². The quantitative estimate of drug-likeness (QED) is 0.432. The van der Waals surface area contributed by atoms with Crippen molar-refractivity contribution in [2.45, 2.75) is 6.29 Å². The van der Waals surface area contributed by atoms with E-state index in [0.717, 1.165) is 0 Å². The van der Waals surface area contributed by atoms with Gasteiger partial charge in [-0.2, -0.15) is 0 Å². The van der Waals surface area contributed by atoms with Gasteiger partial charge in [0.2, 0.25) is 0 Å². The van der Waals surface area contributed by atoms with Crippen LogP contribution in [-0.2, 0) is 19.0 Å². The summed E-state index contributed by atoms with van der Waals surface area (Å²) in [5, 5.41) is 2.81. The molecule has 1 N–H and O–H groups in total. The Labute approximate surface area is 72.0 Å². The Morgan fingerprint density at radius 2 is 1.92 bits per heavy atom. The van der Waals surface area contributed by atoms with Gasteiger partial charge < -0.3 is 19.5 Å². The SMILES string of the molecule is COC(=O)CNCC(OC)OC.